The summed E-state index contributed by atoms with van der Waals surface area (Å²) in [4.78, 5) is 33.6. The molecule has 0 unspecified atom stereocenters. The van der Waals surface area contributed by atoms with E-state index in [9.17, 15) is 9.59 Å². The Labute approximate surface area is 118 Å². The fourth-order valence-electron chi connectivity index (χ4n) is 2.07. The summed E-state index contributed by atoms with van der Waals surface area (Å²) in [5, 5.41) is 0. The number of nitrogens with zero attached hydrogens (tertiary/aromatic N) is 3. The number of aromatic amines is 1. The number of nitrogen functional groups attached to an aromatic ring is 1. The van der Waals surface area contributed by atoms with Crippen LogP contribution in [0.25, 0.3) is 11.2 Å². The van der Waals surface area contributed by atoms with Gasteiger partial charge in [0.1, 0.15) is 5.52 Å². The minimum Gasteiger partial charge on any atom is -0.382 e. The molecule has 106 valence electrons. The van der Waals surface area contributed by atoms with Crippen molar-refractivity contribution in [1.29, 1.82) is 0 Å². The summed E-state index contributed by atoms with van der Waals surface area (Å²) in [6.45, 7) is 0.300. The van der Waals surface area contributed by atoms with Crippen LogP contribution in [-0.2, 0) is 6.54 Å². The normalized spacial score (nSPS) is 10.9. The molecule has 2 aromatic heterocycles. The van der Waals surface area contributed by atoms with Crippen molar-refractivity contribution in [1.82, 2.24) is 19.5 Å². The number of nitrogens with one attached hydrogen (secondary N) is 1. The van der Waals surface area contributed by atoms with E-state index in [1.54, 1.807) is 0 Å². The third kappa shape index (κ3) is 2.22. The molecular weight excluding hydrogens is 272 g/mol. The van der Waals surface area contributed by atoms with Gasteiger partial charge < -0.3 is 16.5 Å². The average Bonchev–Trinajstić information content (AvgIpc) is 2.77. The Morgan fingerprint density at radius 1 is 1.24 bits per heavy atom. The lowest BCUT2D eigenvalue weighted by molar-refractivity contribution is 0.0991. The Balaban J connectivity index is 2.20. The molecule has 8 nitrogen and oxygen atoms in total. The number of rotatable bonds is 3. The van der Waals surface area contributed by atoms with Gasteiger partial charge in [-0.2, -0.15) is 0 Å². The molecular formula is C13H12N6O2. The van der Waals surface area contributed by atoms with Crippen LogP contribution in [0.2, 0.25) is 0 Å². The second kappa shape index (κ2) is 4.75. The number of hydrogen-bond acceptors (Lipinski definition) is 5. The first-order valence-corrected chi connectivity index (χ1v) is 6.16. The molecule has 21 heavy (non-hydrogen) atoms. The summed E-state index contributed by atoms with van der Waals surface area (Å²) in [6.07, 6.45) is 0. The van der Waals surface area contributed by atoms with Crippen LogP contribution < -0.4 is 17.2 Å². The van der Waals surface area contributed by atoms with Crippen LogP contribution in [0.15, 0.2) is 35.1 Å². The number of carbonyl (C=O) groups excluding carboxylic acids is 1. The van der Waals surface area contributed by atoms with E-state index < -0.39 is 5.91 Å². The van der Waals surface area contributed by atoms with Crippen molar-refractivity contribution < 1.29 is 4.79 Å². The molecule has 0 fully saturated rings. The molecule has 1 aromatic carbocycles. The third-order valence-electron chi connectivity index (χ3n) is 3.05. The summed E-state index contributed by atoms with van der Waals surface area (Å²) in [5.41, 5.74) is 12.0. The van der Waals surface area contributed by atoms with Gasteiger partial charge in [0.2, 0.25) is 5.82 Å². The van der Waals surface area contributed by atoms with Gasteiger partial charge in [-0.3, -0.25) is 9.36 Å². The topological polar surface area (TPSA) is 133 Å². The van der Waals surface area contributed by atoms with E-state index in [1.807, 2.05) is 30.3 Å². The zero-order valence-electron chi connectivity index (χ0n) is 10.9. The molecule has 0 radical (unpaired) electrons. The molecule has 2 heterocycles. The van der Waals surface area contributed by atoms with Gasteiger partial charge in [-0.25, -0.2) is 14.8 Å². The van der Waals surface area contributed by atoms with Gasteiger partial charge in [0.15, 0.2) is 11.5 Å². The maximum absolute atomic E-state index is 12.0. The number of H-pyrrole nitrogens is 1. The average molecular weight is 284 g/mol. The Hall–Kier alpha value is -3.16. The van der Waals surface area contributed by atoms with Gasteiger partial charge in [-0.1, -0.05) is 30.3 Å². The minimum absolute atomic E-state index is 0.0118. The SMILES string of the molecule is NC(=O)c1nc(N)c2[nH]c(=O)n(Cc3ccccc3)c2n1. The van der Waals surface area contributed by atoms with Crippen LogP contribution in [0.3, 0.4) is 0 Å². The van der Waals surface area contributed by atoms with E-state index in [-0.39, 0.29) is 23.0 Å². The quantitative estimate of drug-likeness (QED) is 0.615. The largest absolute Gasteiger partial charge is 0.382 e. The molecule has 0 aliphatic rings. The fourth-order valence-corrected chi connectivity index (χ4v) is 2.07. The van der Waals surface area contributed by atoms with Gasteiger partial charge in [0.05, 0.1) is 6.54 Å². The van der Waals surface area contributed by atoms with Crippen molar-refractivity contribution in [3.8, 4) is 0 Å². The summed E-state index contributed by atoms with van der Waals surface area (Å²) in [5.74, 6) is -1.01. The van der Waals surface area contributed by atoms with E-state index >= 15 is 0 Å². The Kier molecular flexibility index (Phi) is 2.90. The van der Waals surface area contributed by atoms with Crippen LogP contribution in [0, 0.1) is 0 Å². The predicted octanol–water partition coefficient (Wildman–Crippen LogP) is -0.151. The van der Waals surface area contributed by atoms with Gasteiger partial charge >= 0.3 is 5.69 Å². The molecule has 5 N–H and O–H groups in total. The van der Waals surface area contributed by atoms with E-state index in [0.29, 0.717) is 12.1 Å². The van der Waals surface area contributed by atoms with Crippen molar-refractivity contribution in [3.05, 3.63) is 52.2 Å². The number of aromatic nitrogens is 4. The Bertz CT molecular complexity index is 881. The highest BCUT2D eigenvalue weighted by Gasteiger charge is 2.16. The van der Waals surface area contributed by atoms with E-state index in [1.165, 1.54) is 4.57 Å². The van der Waals surface area contributed by atoms with Crippen LogP contribution >= 0.6 is 0 Å². The summed E-state index contributed by atoms with van der Waals surface area (Å²) < 4.78 is 1.38. The number of hydrogen-bond donors (Lipinski definition) is 3. The maximum atomic E-state index is 12.0. The first kappa shape index (κ1) is 12.9. The second-order valence-electron chi connectivity index (χ2n) is 4.50. The molecule has 0 saturated heterocycles. The van der Waals surface area contributed by atoms with Crippen molar-refractivity contribution in [2.24, 2.45) is 5.73 Å². The first-order chi connectivity index (χ1) is 10.1. The van der Waals surface area contributed by atoms with Crippen LogP contribution in [0.1, 0.15) is 16.2 Å². The monoisotopic (exact) mass is 284 g/mol. The number of benzene rings is 1. The van der Waals surface area contributed by atoms with E-state index in [2.05, 4.69) is 15.0 Å². The van der Waals surface area contributed by atoms with Crippen molar-refractivity contribution in [2.45, 2.75) is 6.54 Å². The van der Waals surface area contributed by atoms with Gasteiger partial charge in [-0.05, 0) is 5.56 Å². The lowest BCUT2D eigenvalue weighted by Crippen LogP contribution is -2.19. The fraction of sp³-hybridized carbons (Fsp3) is 0.0769. The summed E-state index contributed by atoms with van der Waals surface area (Å²) in [7, 11) is 0. The lowest BCUT2D eigenvalue weighted by Gasteiger charge is -2.04. The first-order valence-electron chi connectivity index (χ1n) is 6.16. The van der Waals surface area contributed by atoms with Crippen LogP contribution in [0.5, 0.6) is 0 Å². The molecule has 0 atom stereocenters. The number of imidazole rings is 1. The minimum atomic E-state index is -0.802. The third-order valence-corrected chi connectivity index (χ3v) is 3.05. The number of carbonyl (C=O) groups is 1. The molecule has 1 amide bonds. The number of nitrogens with two attached hydrogens (primary N) is 2. The van der Waals surface area contributed by atoms with Crippen molar-refractivity contribution in [2.75, 3.05) is 5.73 Å². The number of amides is 1. The van der Waals surface area contributed by atoms with Crippen molar-refractivity contribution in [3.63, 3.8) is 0 Å². The van der Waals surface area contributed by atoms with E-state index in [4.69, 9.17) is 11.5 Å². The molecule has 8 heteroatoms. The van der Waals surface area contributed by atoms with Crippen LogP contribution in [-0.4, -0.2) is 25.4 Å². The molecule has 0 bridgehead atoms. The molecule has 0 aliphatic heterocycles. The molecule has 0 spiro atoms. The lowest BCUT2D eigenvalue weighted by atomic mass is 10.2. The van der Waals surface area contributed by atoms with Gasteiger partial charge in [0.25, 0.3) is 5.91 Å². The highest BCUT2D eigenvalue weighted by molar-refractivity contribution is 5.92. The Morgan fingerprint density at radius 2 is 1.95 bits per heavy atom. The highest BCUT2D eigenvalue weighted by Crippen LogP contribution is 2.15. The highest BCUT2D eigenvalue weighted by atomic mass is 16.2. The molecule has 0 aliphatic carbocycles. The molecule has 3 aromatic rings. The van der Waals surface area contributed by atoms with Gasteiger partial charge in [0, 0.05) is 0 Å². The number of fused-ring (bicyclic) bond motifs is 1. The zero-order chi connectivity index (χ0) is 15.0. The number of anilines is 1. The number of primary amides is 1. The summed E-state index contributed by atoms with van der Waals surface area (Å²) in [6, 6.07) is 9.38. The molecule has 0 saturated carbocycles. The standard InChI is InChI=1S/C13H12N6O2/c14-9-8-12(18-11(17-9)10(15)20)19(13(21)16-8)6-7-4-2-1-3-5-7/h1-5H,6H2,(H2,15,20)(H,16,21)(H2,14,17,18). The van der Waals surface area contributed by atoms with Gasteiger partial charge in [-0.15, -0.1) is 0 Å². The smallest absolute Gasteiger partial charge is 0.328 e. The van der Waals surface area contributed by atoms with Crippen molar-refractivity contribution >= 4 is 22.9 Å². The maximum Gasteiger partial charge on any atom is 0.328 e. The summed E-state index contributed by atoms with van der Waals surface area (Å²) >= 11 is 0. The molecule has 3 rings (SSSR count). The van der Waals surface area contributed by atoms with Crippen LogP contribution in [0.4, 0.5) is 5.82 Å². The zero-order valence-corrected chi connectivity index (χ0v) is 10.9. The predicted molar refractivity (Wildman–Crippen MR) is 76.6 cm³/mol. The van der Waals surface area contributed by atoms with E-state index in [0.717, 1.165) is 5.56 Å². The second-order valence-corrected chi connectivity index (χ2v) is 4.50. The Morgan fingerprint density at radius 3 is 2.62 bits per heavy atom.